The van der Waals surface area contributed by atoms with E-state index in [0.29, 0.717) is 26.1 Å². The molecule has 0 aliphatic carbocycles. The van der Waals surface area contributed by atoms with Crippen LogP contribution < -0.4 is 4.74 Å². The van der Waals surface area contributed by atoms with Crippen molar-refractivity contribution in [1.29, 1.82) is 0 Å². The topological polar surface area (TPSA) is 35.5 Å². The summed E-state index contributed by atoms with van der Waals surface area (Å²) in [5, 5.41) is 0. The maximum atomic E-state index is 11.6. The zero-order chi connectivity index (χ0) is 14.5. The number of carbonyl (C=O) groups is 1. The van der Waals surface area contributed by atoms with Gasteiger partial charge in [0.1, 0.15) is 18.1 Å². The van der Waals surface area contributed by atoms with Gasteiger partial charge in [0.05, 0.1) is 12.7 Å². The van der Waals surface area contributed by atoms with E-state index in [1.54, 1.807) is 0 Å². The maximum Gasteiger partial charge on any atom is 0.138 e. The normalized spacial score (nSPS) is 18.5. The molecule has 108 valence electrons. The van der Waals surface area contributed by atoms with Gasteiger partial charge in [0, 0.05) is 18.4 Å². The molecule has 0 aromatic heterocycles. The van der Waals surface area contributed by atoms with Gasteiger partial charge in [0.15, 0.2) is 0 Å². The van der Waals surface area contributed by atoms with E-state index < -0.39 is 0 Å². The van der Waals surface area contributed by atoms with Crippen LogP contribution >= 0.6 is 0 Å². The third kappa shape index (κ3) is 3.50. The second-order valence-electron chi connectivity index (χ2n) is 5.16. The van der Waals surface area contributed by atoms with Crippen molar-refractivity contribution in [2.75, 3.05) is 6.61 Å². The SMILES string of the molecule is O=C1CCOC(c2ccccc2OCc2ccccc2)C1. The minimum absolute atomic E-state index is 0.182. The van der Waals surface area contributed by atoms with Crippen molar-refractivity contribution < 1.29 is 14.3 Å². The molecule has 1 aliphatic rings. The Balaban J connectivity index is 1.74. The highest BCUT2D eigenvalue weighted by Gasteiger charge is 2.24. The highest BCUT2D eigenvalue weighted by Crippen LogP contribution is 2.33. The first-order chi connectivity index (χ1) is 10.3. The van der Waals surface area contributed by atoms with E-state index in [-0.39, 0.29) is 11.9 Å². The molecule has 2 aromatic rings. The quantitative estimate of drug-likeness (QED) is 0.858. The molecule has 0 bridgehead atoms. The Hall–Kier alpha value is -2.13. The molecule has 0 amide bonds. The zero-order valence-corrected chi connectivity index (χ0v) is 11.8. The van der Waals surface area contributed by atoms with Crippen molar-refractivity contribution in [2.45, 2.75) is 25.6 Å². The average molecular weight is 282 g/mol. The molecule has 0 N–H and O–H groups in total. The van der Waals surface area contributed by atoms with Gasteiger partial charge in [-0.15, -0.1) is 0 Å². The molecule has 0 radical (unpaired) electrons. The first-order valence-electron chi connectivity index (χ1n) is 7.22. The molecule has 21 heavy (non-hydrogen) atoms. The number of benzene rings is 2. The zero-order valence-electron chi connectivity index (χ0n) is 11.8. The Morgan fingerprint density at radius 2 is 1.81 bits per heavy atom. The minimum Gasteiger partial charge on any atom is -0.489 e. The maximum absolute atomic E-state index is 11.6. The van der Waals surface area contributed by atoms with Crippen LogP contribution in [-0.2, 0) is 16.1 Å². The van der Waals surface area contributed by atoms with Crippen molar-refractivity contribution in [3.05, 3.63) is 65.7 Å². The third-order valence-corrected chi connectivity index (χ3v) is 3.62. The van der Waals surface area contributed by atoms with Gasteiger partial charge in [-0.05, 0) is 11.6 Å². The minimum atomic E-state index is -0.182. The molecule has 1 unspecified atom stereocenters. The molecular weight excluding hydrogens is 264 g/mol. The molecule has 2 aromatic carbocycles. The van der Waals surface area contributed by atoms with E-state index in [1.165, 1.54) is 0 Å². The fourth-order valence-corrected chi connectivity index (χ4v) is 2.50. The smallest absolute Gasteiger partial charge is 0.138 e. The fourth-order valence-electron chi connectivity index (χ4n) is 2.50. The van der Waals surface area contributed by atoms with E-state index in [2.05, 4.69) is 0 Å². The summed E-state index contributed by atoms with van der Waals surface area (Å²) in [6, 6.07) is 17.8. The average Bonchev–Trinajstić information content (AvgIpc) is 2.54. The predicted molar refractivity (Wildman–Crippen MR) is 80.2 cm³/mol. The number of hydrogen-bond donors (Lipinski definition) is 0. The predicted octanol–water partition coefficient (Wildman–Crippen LogP) is 3.69. The van der Waals surface area contributed by atoms with Crippen LogP contribution in [0.2, 0.25) is 0 Å². The summed E-state index contributed by atoms with van der Waals surface area (Å²) in [5.41, 5.74) is 2.08. The Morgan fingerprint density at radius 1 is 1.05 bits per heavy atom. The highest BCUT2D eigenvalue weighted by molar-refractivity contribution is 5.79. The second kappa shape index (κ2) is 6.55. The van der Waals surface area contributed by atoms with Crippen LogP contribution in [0.4, 0.5) is 0 Å². The lowest BCUT2D eigenvalue weighted by molar-refractivity contribution is -0.128. The van der Waals surface area contributed by atoms with Crippen LogP contribution in [0.25, 0.3) is 0 Å². The van der Waals surface area contributed by atoms with E-state index in [4.69, 9.17) is 9.47 Å². The molecule has 0 saturated carbocycles. The van der Waals surface area contributed by atoms with Crippen LogP contribution in [0.15, 0.2) is 54.6 Å². The summed E-state index contributed by atoms with van der Waals surface area (Å²) in [4.78, 5) is 11.6. The van der Waals surface area contributed by atoms with E-state index in [0.717, 1.165) is 16.9 Å². The summed E-state index contributed by atoms with van der Waals surface area (Å²) in [6.07, 6.45) is 0.771. The van der Waals surface area contributed by atoms with Gasteiger partial charge in [0.25, 0.3) is 0 Å². The summed E-state index contributed by atoms with van der Waals surface area (Å²) in [7, 11) is 0. The van der Waals surface area contributed by atoms with Crippen LogP contribution in [0.5, 0.6) is 5.75 Å². The molecular formula is C18H18O3. The van der Waals surface area contributed by atoms with Crippen molar-refractivity contribution >= 4 is 5.78 Å². The first-order valence-corrected chi connectivity index (χ1v) is 7.22. The molecule has 1 heterocycles. The van der Waals surface area contributed by atoms with Crippen LogP contribution in [0.3, 0.4) is 0 Å². The van der Waals surface area contributed by atoms with Crippen LogP contribution in [-0.4, -0.2) is 12.4 Å². The lowest BCUT2D eigenvalue weighted by Gasteiger charge is -2.24. The second-order valence-corrected chi connectivity index (χ2v) is 5.16. The molecule has 3 nitrogen and oxygen atoms in total. The molecule has 1 saturated heterocycles. The Labute approximate surface area is 124 Å². The molecule has 3 rings (SSSR count). The lowest BCUT2D eigenvalue weighted by atomic mass is 10.00. The van der Waals surface area contributed by atoms with Gasteiger partial charge in [0.2, 0.25) is 0 Å². The highest BCUT2D eigenvalue weighted by atomic mass is 16.5. The number of ketones is 1. The number of Topliss-reactive ketones (excluding diaryl/α,β-unsaturated/α-hetero) is 1. The largest absolute Gasteiger partial charge is 0.489 e. The van der Waals surface area contributed by atoms with Crippen molar-refractivity contribution in [1.82, 2.24) is 0 Å². The van der Waals surface area contributed by atoms with Gasteiger partial charge in [-0.1, -0.05) is 48.5 Å². The van der Waals surface area contributed by atoms with Gasteiger partial charge < -0.3 is 9.47 Å². The van der Waals surface area contributed by atoms with E-state index in [1.807, 2.05) is 54.6 Å². The fraction of sp³-hybridized carbons (Fsp3) is 0.278. The van der Waals surface area contributed by atoms with Crippen molar-refractivity contribution in [3.63, 3.8) is 0 Å². The van der Waals surface area contributed by atoms with Crippen LogP contribution in [0.1, 0.15) is 30.1 Å². The summed E-state index contributed by atoms with van der Waals surface area (Å²) in [6.45, 7) is 1.01. The number of hydrogen-bond acceptors (Lipinski definition) is 3. The summed E-state index contributed by atoms with van der Waals surface area (Å²) >= 11 is 0. The number of para-hydroxylation sites is 1. The monoisotopic (exact) mass is 282 g/mol. The van der Waals surface area contributed by atoms with Gasteiger partial charge in [-0.3, -0.25) is 4.79 Å². The molecule has 1 fully saturated rings. The Kier molecular flexibility index (Phi) is 4.31. The Morgan fingerprint density at radius 3 is 2.62 bits per heavy atom. The van der Waals surface area contributed by atoms with Crippen molar-refractivity contribution in [2.24, 2.45) is 0 Å². The summed E-state index contributed by atoms with van der Waals surface area (Å²) in [5.74, 6) is 1.05. The first kappa shape index (κ1) is 13.8. The molecule has 1 aliphatic heterocycles. The standard InChI is InChI=1S/C18H18O3/c19-15-10-11-20-18(12-15)16-8-4-5-9-17(16)21-13-14-6-2-1-3-7-14/h1-9,18H,10-13H2. The Bertz CT molecular complexity index is 607. The molecule has 1 atom stereocenters. The number of ether oxygens (including phenoxy) is 2. The van der Waals surface area contributed by atoms with Gasteiger partial charge >= 0.3 is 0 Å². The van der Waals surface area contributed by atoms with E-state index in [9.17, 15) is 4.79 Å². The molecule has 3 heteroatoms. The van der Waals surface area contributed by atoms with Gasteiger partial charge in [-0.25, -0.2) is 0 Å². The van der Waals surface area contributed by atoms with Crippen LogP contribution in [0, 0.1) is 0 Å². The molecule has 0 spiro atoms. The van der Waals surface area contributed by atoms with E-state index >= 15 is 0 Å². The lowest BCUT2D eigenvalue weighted by Crippen LogP contribution is -2.20. The number of rotatable bonds is 4. The summed E-state index contributed by atoms with van der Waals surface area (Å²) < 4.78 is 11.6. The third-order valence-electron chi connectivity index (χ3n) is 3.62. The van der Waals surface area contributed by atoms with Crippen molar-refractivity contribution in [3.8, 4) is 5.75 Å². The number of carbonyl (C=O) groups excluding carboxylic acids is 1. The van der Waals surface area contributed by atoms with Gasteiger partial charge in [-0.2, -0.15) is 0 Å².